The van der Waals surface area contributed by atoms with E-state index in [1.165, 1.54) is 0 Å². The van der Waals surface area contributed by atoms with E-state index >= 15 is 0 Å². The van der Waals surface area contributed by atoms with Gasteiger partial charge in [-0.05, 0) is 25.1 Å². The van der Waals surface area contributed by atoms with Crippen molar-refractivity contribution in [2.75, 3.05) is 20.2 Å². The van der Waals surface area contributed by atoms with Crippen LogP contribution in [0, 0.1) is 11.6 Å². The number of rotatable bonds is 6. The van der Waals surface area contributed by atoms with Crippen LogP contribution in [0.25, 0.3) is 0 Å². The van der Waals surface area contributed by atoms with Gasteiger partial charge in [0, 0.05) is 12.1 Å². The molecule has 23 heavy (non-hydrogen) atoms. The van der Waals surface area contributed by atoms with E-state index in [0.717, 1.165) is 25.3 Å². The maximum atomic E-state index is 13.8. The van der Waals surface area contributed by atoms with Gasteiger partial charge < -0.3 is 10.1 Å². The van der Waals surface area contributed by atoms with Gasteiger partial charge in [-0.1, -0.05) is 0 Å². The van der Waals surface area contributed by atoms with E-state index in [2.05, 4.69) is 15.4 Å². The zero-order valence-electron chi connectivity index (χ0n) is 12.6. The second kappa shape index (κ2) is 8.79. The number of carbonyl (C=O) groups excluding carboxylic acids is 3. The SMILES string of the molecule is CCNC(=O)NC(=O)CNC(C(=O)OC)c1cc(F)ccc1F. The van der Waals surface area contributed by atoms with Crippen LogP contribution in [-0.4, -0.2) is 38.1 Å². The number of methoxy groups -OCH3 is 1. The van der Waals surface area contributed by atoms with Crippen molar-refractivity contribution in [3.05, 3.63) is 35.4 Å². The van der Waals surface area contributed by atoms with Crippen molar-refractivity contribution in [1.29, 1.82) is 0 Å². The molecule has 0 spiro atoms. The first-order valence-corrected chi connectivity index (χ1v) is 6.72. The lowest BCUT2D eigenvalue weighted by molar-refractivity contribution is -0.143. The monoisotopic (exact) mass is 329 g/mol. The Hall–Kier alpha value is -2.55. The number of imide groups is 1. The fourth-order valence-electron chi connectivity index (χ4n) is 1.74. The topological polar surface area (TPSA) is 96.5 Å². The van der Waals surface area contributed by atoms with Crippen molar-refractivity contribution >= 4 is 17.9 Å². The minimum Gasteiger partial charge on any atom is -0.468 e. The van der Waals surface area contributed by atoms with Crippen LogP contribution in [0.2, 0.25) is 0 Å². The van der Waals surface area contributed by atoms with E-state index < -0.39 is 42.1 Å². The first kappa shape index (κ1) is 18.5. The number of carbonyl (C=O) groups is 3. The van der Waals surface area contributed by atoms with Gasteiger partial charge >= 0.3 is 12.0 Å². The molecule has 0 bridgehead atoms. The number of hydrogen-bond donors (Lipinski definition) is 3. The fraction of sp³-hybridized carbons (Fsp3) is 0.357. The van der Waals surface area contributed by atoms with E-state index in [0.29, 0.717) is 6.54 Å². The van der Waals surface area contributed by atoms with Gasteiger partial charge in [0.25, 0.3) is 0 Å². The van der Waals surface area contributed by atoms with Crippen molar-refractivity contribution in [2.45, 2.75) is 13.0 Å². The molecule has 0 saturated heterocycles. The van der Waals surface area contributed by atoms with Crippen LogP contribution >= 0.6 is 0 Å². The Labute approximate surface area is 131 Å². The number of ether oxygens (including phenoxy) is 1. The molecule has 0 aromatic heterocycles. The molecule has 1 unspecified atom stereocenters. The Kier molecular flexibility index (Phi) is 7.07. The third-order valence-corrected chi connectivity index (χ3v) is 2.76. The van der Waals surface area contributed by atoms with Gasteiger partial charge in [-0.25, -0.2) is 18.4 Å². The van der Waals surface area contributed by atoms with Crippen molar-refractivity contribution in [3.63, 3.8) is 0 Å². The van der Waals surface area contributed by atoms with Gasteiger partial charge in [-0.2, -0.15) is 0 Å². The summed E-state index contributed by atoms with van der Waals surface area (Å²) < 4.78 is 31.5. The van der Waals surface area contributed by atoms with Crippen LogP contribution in [0.5, 0.6) is 0 Å². The molecule has 1 atom stereocenters. The molecular formula is C14H17F2N3O4. The summed E-state index contributed by atoms with van der Waals surface area (Å²) in [7, 11) is 1.07. The zero-order valence-corrected chi connectivity index (χ0v) is 12.6. The van der Waals surface area contributed by atoms with Gasteiger partial charge in [0.05, 0.1) is 13.7 Å². The lowest BCUT2D eigenvalue weighted by Gasteiger charge is -2.17. The van der Waals surface area contributed by atoms with Crippen molar-refractivity contribution < 1.29 is 27.9 Å². The minimum absolute atomic E-state index is 0.303. The number of halogens is 2. The number of urea groups is 1. The average molecular weight is 329 g/mol. The lowest BCUT2D eigenvalue weighted by Crippen LogP contribution is -2.45. The molecule has 126 valence electrons. The Balaban J connectivity index is 2.80. The third kappa shape index (κ3) is 5.62. The molecule has 0 saturated carbocycles. The van der Waals surface area contributed by atoms with E-state index in [4.69, 9.17) is 0 Å². The summed E-state index contributed by atoms with van der Waals surface area (Å²) in [6, 6.07) is 0.485. The summed E-state index contributed by atoms with van der Waals surface area (Å²) in [6.45, 7) is 1.51. The van der Waals surface area contributed by atoms with Crippen LogP contribution in [0.1, 0.15) is 18.5 Å². The molecule has 1 aromatic carbocycles. The Morgan fingerprint density at radius 2 is 1.96 bits per heavy atom. The summed E-state index contributed by atoms with van der Waals surface area (Å²) in [5.74, 6) is -3.23. The summed E-state index contributed by atoms with van der Waals surface area (Å²) in [6.07, 6.45) is 0. The Bertz CT molecular complexity index is 595. The molecule has 0 aliphatic rings. The van der Waals surface area contributed by atoms with Gasteiger partial charge in [-0.3, -0.25) is 15.4 Å². The quantitative estimate of drug-likeness (QED) is 0.665. The molecule has 0 fully saturated rings. The average Bonchev–Trinajstić information content (AvgIpc) is 2.50. The maximum Gasteiger partial charge on any atom is 0.327 e. The largest absolute Gasteiger partial charge is 0.468 e. The summed E-state index contributed by atoms with van der Waals surface area (Å²) >= 11 is 0. The molecule has 0 aliphatic carbocycles. The van der Waals surface area contributed by atoms with Gasteiger partial charge in [0.15, 0.2) is 0 Å². The molecule has 0 aliphatic heterocycles. The van der Waals surface area contributed by atoms with Crippen molar-refractivity contribution in [2.24, 2.45) is 0 Å². The number of hydrogen-bond acceptors (Lipinski definition) is 5. The molecule has 3 N–H and O–H groups in total. The second-order valence-electron chi connectivity index (χ2n) is 4.41. The summed E-state index contributed by atoms with van der Waals surface area (Å²) in [5, 5.41) is 6.77. The van der Waals surface area contributed by atoms with E-state index in [1.807, 2.05) is 5.32 Å². The van der Waals surface area contributed by atoms with Gasteiger partial charge in [-0.15, -0.1) is 0 Å². The van der Waals surface area contributed by atoms with Crippen LogP contribution in [0.4, 0.5) is 13.6 Å². The minimum atomic E-state index is -1.39. The standard InChI is InChI=1S/C14H17F2N3O4/c1-3-17-14(22)19-11(20)7-18-12(13(21)23-2)9-6-8(15)4-5-10(9)16/h4-6,12,18H,3,7H2,1-2H3,(H2,17,19,20,22). The number of amides is 3. The Morgan fingerprint density at radius 1 is 1.26 bits per heavy atom. The summed E-state index contributed by atoms with van der Waals surface area (Å²) in [4.78, 5) is 34.5. The van der Waals surface area contributed by atoms with E-state index in [9.17, 15) is 23.2 Å². The van der Waals surface area contributed by atoms with Crippen molar-refractivity contribution in [1.82, 2.24) is 16.0 Å². The number of benzene rings is 1. The second-order valence-corrected chi connectivity index (χ2v) is 4.41. The smallest absolute Gasteiger partial charge is 0.327 e. The predicted octanol–water partition coefficient (Wildman–Crippen LogP) is 0.614. The highest BCUT2D eigenvalue weighted by atomic mass is 19.1. The normalized spacial score (nSPS) is 11.5. The van der Waals surface area contributed by atoms with Crippen LogP contribution in [-0.2, 0) is 14.3 Å². The number of nitrogens with one attached hydrogen (secondary N) is 3. The first-order valence-electron chi connectivity index (χ1n) is 6.72. The summed E-state index contributed by atoms with van der Waals surface area (Å²) in [5.41, 5.74) is -0.303. The molecule has 1 rings (SSSR count). The van der Waals surface area contributed by atoms with E-state index in [1.54, 1.807) is 6.92 Å². The zero-order chi connectivity index (χ0) is 17.4. The fourth-order valence-corrected chi connectivity index (χ4v) is 1.74. The maximum absolute atomic E-state index is 13.8. The third-order valence-electron chi connectivity index (χ3n) is 2.76. The highest BCUT2D eigenvalue weighted by molar-refractivity contribution is 5.95. The first-order chi connectivity index (χ1) is 10.9. The van der Waals surface area contributed by atoms with Crippen LogP contribution in [0.15, 0.2) is 18.2 Å². The van der Waals surface area contributed by atoms with Gasteiger partial charge in [0.2, 0.25) is 5.91 Å². The van der Waals surface area contributed by atoms with Crippen molar-refractivity contribution in [3.8, 4) is 0 Å². The number of esters is 1. The highest BCUT2D eigenvalue weighted by Crippen LogP contribution is 2.19. The van der Waals surface area contributed by atoms with Gasteiger partial charge in [0.1, 0.15) is 17.7 Å². The lowest BCUT2D eigenvalue weighted by atomic mass is 10.1. The molecule has 3 amide bonds. The molecule has 1 aromatic rings. The Morgan fingerprint density at radius 3 is 2.57 bits per heavy atom. The predicted molar refractivity (Wildman–Crippen MR) is 76.3 cm³/mol. The molecule has 7 nitrogen and oxygen atoms in total. The highest BCUT2D eigenvalue weighted by Gasteiger charge is 2.25. The van der Waals surface area contributed by atoms with Crippen LogP contribution < -0.4 is 16.0 Å². The molecular weight excluding hydrogens is 312 g/mol. The molecule has 0 heterocycles. The molecule has 9 heteroatoms. The molecule has 0 radical (unpaired) electrons. The van der Waals surface area contributed by atoms with Crippen LogP contribution in [0.3, 0.4) is 0 Å². The van der Waals surface area contributed by atoms with E-state index in [-0.39, 0.29) is 5.56 Å².